The summed E-state index contributed by atoms with van der Waals surface area (Å²) in [7, 11) is 0. The molecule has 1 heterocycles. The third kappa shape index (κ3) is 6.77. The molecule has 0 atom stereocenters. The highest BCUT2D eigenvalue weighted by molar-refractivity contribution is 6.06. The maximum absolute atomic E-state index is 10.2. The van der Waals surface area contributed by atoms with Crippen molar-refractivity contribution in [3.8, 4) is 124 Å². The number of nitriles is 2. The minimum atomic E-state index is -0.567. The third-order valence-corrected chi connectivity index (χ3v) is 19.5. The zero-order valence-electron chi connectivity index (χ0n) is 47.5. The molecule has 0 amide bonds. The van der Waals surface area contributed by atoms with E-state index < -0.39 is 10.8 Å². The van der Waals surface area contributed by atoms with Crippen molar-refractivity contribution < 1.29 is 0 Å². The first kappa shape index (κ1) is 49.6. The molecule has 14 aromatic rings. The standard InChI is InChI=1S/C84H48N4/c85-49-57-17-1-3-19-60(57)51-33-37-53(38-34-51)80-71-46-59(55-41-43-68-66-25-9-15-31-76(66)83(78(68)47-55)72-27-11-5-21-62(72)63-22-6-12-28-73(63)83)45-70(81(71)88-82(87-80)54-39-35-52(36-40-54)61-20-4-2-18-58(61)50-86)56-42-44-69-67-26-10-16-32-77(67)84(79(69)48-56)74-29-13-7-23-64(74)65-24-8-14-30-75(65)84/h1-48H. The van der Waals surface area contributed by atoms with E-state index >= 15 is 0 Å². The smallest absolute Gasteiger partial charge is 0.160 e. The molecule has 13 aromatic carbocycles. The number of fused-ring (bicyclic) bond motifs is 21. The van der Waals surface area contributed by atoms with Crippen molar-refractivity contribution in [3.05, 3.63) is 347 Å². The van der Waals surface area contributed by atoms with Crippen LogP contribution in [0, 0.1) is 22.7 Å². The quantitative estimate of drug-likeness (QED) is 0.166. The van der Waals surface area contributed by atoms with Crippen molar-refractivity contribution in [1.29, 1.82) is 10.5 Å². The second-order valence-corrected chi connectivity index (χ2v) is 23.6. The van der Waals surface area contributed by atoms with E-state index in [4.69, 9.17) is 9.97 Å². The Balaban J connectivity index is 0.920. The summed E-state index contributed by atoms with van der Waals surface area (Å²) in [5.41, 5.74) is 31.6. The van der Waals surface area contributed by atoms with Gasteiger partial charge in [0.1, 0.15) is 0 Å². The van der Waals surface area contributed by atoms with E-state index in [2.05, 4.69) is 255 Å². The van der Waals surface area contributed by atoms with E-state index in [1.807, 2.05) is 48.5 Å². The maximum Gasteiger partial charge on any atom is 0.160 e. The largest absolute Gasteiger partial charge is 0.227 e. The van der Waals surface area contributed by atoms with Gasteiger partial charge < -0.3 is 0 Å². The second kappa shape index (κ2) is 18.8. The van der Waals surface area contributed by atoms with Gasteiger partial charge in [0.15, 0.2) is 5.82 Å². The van der Waals surface area contributed by atoms with E-state index in [1.165, 1.54) is 89.0 Å². The highest BCUT2D eigenvalue weighted by atomic mass is 14.9. The Hall–Kier alpha value is -11.8. The number of rotatable bonds is 6. The first-order valence-corrected chi connectivity index (χ1v) is 30.0. The van der Waals surface area contributed by atoms with Gasteiger partial charge in [-0.3, -0.25) is 0 Å². The lowest BCUT2D eigenvalue weighted by molar-refractivity contribution is 0.794. The monoisotopic (exact) mass is 1110 g/mol. The summed E-state index contributed by atoms with van der Waals surface area (Å²) < 4.78 is 0. The molecular formula is C84H48N4. The zero-order chi connectivity index (χ0) is 58.2. The molecule has 0 bridgehead atoms. The summed E-state index contributed by atoms with van der Waals surface area (Å²) in [5, 5.41) is 21.3. The molecule has 1 aromatic heterocycles. The summed E-state index contributed by atoms with van der Waals surface area (Å²) in [6.45, 7) is 0. The minimum Gasteiger partial charge on any atom is -0.227 e. The molecule has 0 fully saturated rings. The topological polar surface area (TPSA) is 73.4 Å². The van der Waals surface area contributed by atoms with Gasteiger partial charge in [-0.05, 0) is 164 Å². The Bertz CT molecular complexity index is 5300. The summed E-state index contributed by atoms with van der Waals surface area (Å²) in [5.74, 6) is 0.579. The predicted octanol–water partition coefficient (Wildman–Crippen LogP) is 20.1. The van der Waals surface area contributed by atoms with Crippen LogP contribution in [-0.4, -0.2) is 9.97 Å². The number of aromatic nitrogens is 2. The molecule has 4 aliphatic carbocycles. The van der Waals surface area contributed by atoms with Gasteiger partial charge in [-0.25, -0.2) is 9.97 Å². The number of benzene rings is 13. The van der Waals surface area contributed by atoms with Crippen LogP contribution in [0.3, 0.4) is 0 Å². The number of nitrogens with zero attached hydrogens (tertiary/aromatic N) is 4. The van der Waals surface area contributed by atoms with Gasteiger partial charge in [0, 0.05) is 22.1 Å². The first-order valence-electron chi connectivity index (χ1n) is 30.0. The Morgan fingerprint density at radius 2 is 0.568 bits per heavy atom. The van der Waals surface area contributed by atoms with Crippen LogP contribution in [0.15, 0.2) is 291 Å². The molecule has 18 rings (SSSR count). The van der Waals surface area contributed by atoms with Crippen molar-refractivity contribution in [3.63, 3.8) is 0 Å². The fourth-order valence-corrected chi connectivity index (χ4v) is 15.8. The van der Waals surface area contributed by atoms with Gasteiger partial charge in [0.25, 0.3) is 0 Å². The molecule has 4 heteroatoms. The van der Waals surface area contributed by atoms with E-state index in [9.17, 15) is 10.5 Å². The molecule has 0 saturated carbocycles. The van der Waals surface area contributed by atoms with Gasteiger partial charge in [0.05, 0.1) is 45.3 Å². The van der Waals surface area contributed by atoms with Crippen LogP contribution >= 0.6 is 0 Å². The van der Waals surface area contributed by atoms with Crippen LogP contribution in [0.2, 0.25) is 0 Å². The molecule has 0 aliphatic heterocycles. The molecule has 88 heavy (non-hydrogen) atoms. The van der Waals surface area contributed by atoms with Crippen LogP contribution in [0.5, 0.6) is 0 Å². The Labute approximate surface area is 509 Å². The molecule has 4 aliphatic rings. The summed E-state index contributed by atoms with van der Waals surface area (Å²) in [6, 6.07) is 110. The fourth-order valence-electron chi connectivity index (χ4n) is 15.8. The number of hydrogen-bond acceptors (Lipinski definition) is 4. The Morgan fingerprint density at radius 3 is 0.989 bits per heavy atom. The molecule has 0 saturated heterocycles. The van der Waals surface area contributed by atoms with Crippen molar-refractivity contribution >= 4 is 10.9 Å². The van der Waals surface area contributed by atoms with E-state index in [0.29, 0.717) is 17.0 Å². The van der Waals surface area contributed by atoms with Crippen LogP contribution in [0.1, 0.15) is 55.6 Å². The Kier molecular flexibility index (Phi) is 10.6. The molecule has 4 nitrogen and oxygen atoms in total. The molecule has 404 valence electrons. The highest BCUT2D eigenvalue weighted by Gasteiger charge is 2.53. The van der Waals surface area contributed by atoms with Gasteiger partial charge in [0.2, 0.25) is 0 Å². The summed E-state index contributed by atoms with van der Waals surface area (Å²) in [4.78, 5) is 11.4. The molecule has 0 N–H and O–H groups in total. The average Bonchev–Trinajstić information content (AvgIpc) is 1.57. The highest BCUT2D eigenvalue weighted by Crippen LogP contribution is 2.65. The van der Waals surface area contributed by atoms with Crippen LogP contribution in [-0.2, 0) is 10.8 Å². The van der Waals surface area contributed by atoms with E-state index in [1.54, 1.807) is 0 Å². The Morgan fingerprint density at radius 1 is 0.239 bits per heavy atom. The van der Waals surface area contributed by atoms with Crippen LogP contribution < -0.4 is 0 Å². The van der Waals surface area contributed by atoms with Crippen LogP contribution in [0.4, 0.5) is 0 Å². The lowest BCUT2D eigenvalue weighted by Gasteiger charge is -2.31. The SMILES string of the molecule is N#Cc1ccccc1-c1ccc(-c2nc(-c3ccc(-c4ccccc4C#N)cc3)c3cc(-c4ccc5c(c4)C4(c6ccccc6-c6ccccc64)c4ccccc4-5)cc(-c4ccc5c(c4)C4(c6ccccc6-c6ccccc64)c4ccccc4-5)c3n2)cc1. The summed E-state index contributed by atoms with van der Waals surface area (Å²) >= 11 is 0. The first-order chi connectivity index (χ1) is 43.5. The molecular weight excluding hydrogens is 1060 g/mol. The van der Waals surface area contributed by atoms with Gasteiger partial charge in [-0.2, -0.15) is 10.5 Å². The minimum absolute atomic E-state index is 0.534. The van der Waals surface area contributed by atoms with Gasteiger partial charge >= 0.3 is 0 Å². The predicted molar refractivity (Wildman–Crippen MR) is 354 cm³/mol. The fraction of sp³-hybridized carbons (Fsp3) is 0.0238. The molecule has 2 spiro atoms. The van der Waals surface area contributed by atoms with E-state index in [0.717, 1.165) is 72.2 Å². The van der Waals surface area contributed by atoms with Crippen molar-refractivity contribution in [2.75, 3.05) is 0 Å². The van der Waals surface area contributed by atoms with Crippen molar-refractivity contribution in [1.82, 2.24) is 9.97 Å². The summed E-state index contributed by atoms with van der Waals surface area (Å²) in [6.07, 6.45) is 0. The average molecular weight is 1110 g/mol. The van der Waals surface area contributed by atoms with Crippen LogP contribution in [0.25, 0.3) is 123 Å². The normalized spacial score (nSPS) is 13.4. The van der Waals surface area contributed by atoms with Gasteiger partial charge in [-0.15, -0.1) is 0 Å². The van der Waals surface area contributed by atoms with Crippen molar-refractivity contribution in [2.45, 2.75) is 10.8 Å². The lowest BCUT2D eigenvalue weighted by Crippen LogP contribution is -2.25. The second-order valence-electron chi connectivity index (χ2n) is 23.6. The molecule has 0 unspecified atom stereocenters. The lowest BCUT2D eigenvalue weighted by atomic mass is 9.70. The third-order valence-electron chi connectivity index (χ3n) is 19.5. The maximum atomic E-state index is 10.2. The van der Waals surface area contributed by atoms with Crippen molar-refractivity contribution in [2.24, 2.45) is 0 Å². The zero-order valence-corrected chi connectivity index (χ0v) is 47.5. The number of hydrogen-bond donors (Lipinski definition) is 0. The van der Waals surface area contributed by atoms with Gasteiger partial charge in [-0.1, -0.05) is 255 Å². The molecule has 0 radical (unpaired) electrons. The van der Waals surface area contributed by atoms with E-state index in [-0.39, 0.29) is 0 Å².